The highest BCUT2D eigenvalue weighted by molar-refractivity contribution is 9.10. The van der Waals surface area contributed by atoms with Gasteiger partial charge in [0.15, 0.2) is 0 Å². The number of aromatic nitrogens is 1. The molecule has 0 spiro atoms. The van der Waals surface area contributed by atoms with Crippen LogP contribution in [0.5, 0.6) is 0 Å². The molecule has 4 rings (SSSR count). The van der Waals surface area contributed by atoms with Gasteiger partial charge in [-0.3, -0.25) is 4.79 Å². The first-order chi connectivity index (χ1) is 13.7. The van der Waals surface area contributed by atoms with E-state index < -0.39 is 0 Å². The molecule has 2 aromatic rings. The zero-order chi connectivity index (χ0) is 19.3. The highest BCUT2D eigenvalue weighted by Crippen LogP contribution is 2.33. The molecule has 2 saturated heterocycles. The number of halogens is 1. The van der Waals surface area contributed by atoms with Crippen LogP contribution in [0.4, 0.5) is 17.1 Å². The van der Waals surface area contributed by atoms with Crippen LogP contribution < -0.4 is 15.1 Å². The van der Waals surface area contributed by atoms with Crippen LogP contribution in [0.2, 0.25) is 0 Å². The molecule has 0 aliphatic carbocycles. The Balaban J connectivity index is 1.62. The van der Waals surface area contributed by atoms with Crippen LogP contribution in [0, 0.1) is 0 Å². The largest absolute Gasteiger partial charge is 0.378 e. The highest BCUT2D eigenvalue weighted by atomic mass is 79.9. The number of nitrogens with zero attached hydrogens (tertiary/aromatic N) is 3. The average Bonchev–Trinajstić information content (AvgIpc) is 2.75. The Bertz CT molecular complexity index is 833. The minimum absolute atomic E-state index is 0.196. The molecule has 0 saturated carbocycles. The summed E-state index contributed by atoms with van der Waals surface area (Å²) in [5, 5.41) is 3.07. The van der Waals surface area contributed by atoms with E-state index in [-0.39, 0.29) is 5.91 Å². The number of rotatable bonds is 4. The number of carbonyl (C=O) groups excluding carboxylic acids is 1. The molecule has 0 unspecified atom stereocenters. The highest BCUT2D eigenvalue weighted by Gasteiger charge is 2.20. The molecular weight excluding hydrogens is 420 g/mol. The Kier molecular flexibility index (Phi) is 6.12. The Labute approximate surface area is 174 Å². The van der Waals surface area contributed by atoms with E-state index in [4.69, 9.17) is 4.74 Å². The summed E-state index contributed by atoms with van der Waals surface area (Å²) in [7, 11) is 0. The zero-order valence-corrected chi connectivity index (χ0v) is 17.5. The number of piperidine rings is 1. The molecule has 3 heterocycles. The normalized spacial score (nSPS) is 17.5. The first-order valence-electron chi connectivity index (χ1n) is 9.86. The maximum Gasteiger partial charge on any atom is 0.274 e. The average molecular weight is 445 g/mol. The van der Waals surface area contributed by atoms with Crippen molar-refractivity contribution in [3.8, 4) is 0 Å². The monoisotopic (exact) mass is 444 g/mol. The van der Waals surface area contributed by atoms with Crippen LogP contribution in [0.25, 0.3) is 0 Å². The third-order valence-electron chi connectivity index (χ3n) is 5.25. The van der Waals surface area contributed by atoms with Gasteiger partial charge < -0.3 is 19.9 Å². The fraction of sp³-hybridized carbons (Fsp3) is 0.429. The Morgan fingerprint density at radius 1 is 1.00 bits per heavy atom. The van der Waals surface area contributed by atoms with Crippen molar-refractivity contribution in [3.63, 3.8) is 0 Å². The standard InChI is InChI=1S/C21H25BrN4O2/c22-20-6-4-5-18(23-20)21(27)24-17-8-7-16(25-11-13-28-14-12-25)15-19(17)26-9-2-1-3-10-26/h4-8,15H,1-3,9-14H2,(H,24,27). The summed E-state index contributed by atoms with van der Waals surface area (Å²) in [4.78, 5) is 21.8. The molecule has 0 radical (unpaired) electrons. The summed E-state index contributed by atoms with van der Waals surface area (Å²) in [6, 6.07) is 11.7. The van der Waals surface area contributed by atoms with Gasteiger partial charge in [0, 0.05) is 31.9 Å². The lowest BCUT2D eigenvalue weighted by atomic mass is 10.1. The maximum absolute atomic E-state index is 12.7. The summed E-state index contributed by atoms with van der Waals surface area (Å²) in [5.74, 6) is -0.196. The second kappa shape index (κ2) is 8.92. The van der Waals surface area contributed by atoms with Gasteiger partial charge in [0.2, 0.25) is 0 Å². The first-order valence-corrected chi connectivity index (χ1v) is 10.7. The number of carbonyl (C=O) groups is 1. The zero-order valence-electron chi connectivity index (χ0n) is 15.9. The lowest BCUT2D eigenvalue weighted by Gasteiger charge is -2.33. The van der Waals surface area contributed by atoms with Gasteiger partial charge in [0.05, 0.1) is 24.6 Å². The fourth-order valence-corrected chi connectivity index (χ4v) is 4.11. The summed E-state index contributed by atoms with van der Waals surface area (Å²) >= 11 is 3.33. The van der Waals surface area contributed by atoms with Crippen LogP contribution in [-0.2, 0) is 4.74 Å². The topological polar surface area (TPSA) is 57.7 Å². The maximum atomic E-state index is 12.7. The number of hydrogen-bond acceptors (Lipinski definition) is 5. The molecule has 148 valence electrons. The smallest absolute Gasteiger partial charge is 0.274 e. The third-order valence-corrected chi connectivity index (χ3v) is 5.69. The lowest BCUT2D eigenvalue weighted by Crippen LogP contribution is -2.36. The number of nitrogens with one attached hydrogen (secondary N) is 1. The minimum atomic E-state index is -0.196. The number of morpholine rings is 1. The quantitative estimate of drug-likeness (QED) is 0.723. The predicted molar refractivity (Wildman–Crippen MR) is 115 cm³/mol. The molecule has 7 heteroatoms. The summed E-state index contributed by atoms with van der Waals surface area (Å²) in [5.41, 5.74) is 3.51. The van der Waals surface area contributed by atoms with Gasteiger partial charge in [-0.2, -0.15) is 0 Å². The molecule has 2 fully saturated rings. The predicted octanol–water partition coefficient (Wildman–Crippen LogP) is 3.92. The molecule has 2 aliphatic heterocycles. The van der Waals surface area contributed by atoms with Crippen LogP contribution in [0.3, 0.4) is 0 Å². The number of benzene rings is 1. The Hall–Kier alpha value is -2.12. The molecule has 1 aromatic heterocycles. The van der Waals surface area contributed by atoms with Crippen molar-refractivity contribution in [2.45, 2.75) is 19.3 Å². The Morgan fingerprint density at radius 3 is 2.54 bits per heavy atom. The van der Waals surface area contributed by atoms with Crippen molar-refractivity contribution in [3.05, 3.63) is 46.7 Å². The van der Waals surface area contributed by atoms with Crippen molar-refractivity contribution in [1.29, 1.82) is 0 Å². The molecule has 1 amide bonds. The van der Waals surface area contributed by atoms with Crippen molar-refractivity contribution < 1.29 is 9.53 Å². The molecule has 1 aromatic carbocycles. The van der Waals surface area contributed by atoms with Gasteiger partial charge in [0.25, 0.3) is 5.91 Å². The molecule has 0 bridgehead atoms. The molecule has 1 N–H and O–H groups in total. The van der Waals surface area contributed by atoms with Crippen molar-refractivity contribution in [2.24, 2.45) is 0 Å². The van der Waals surface area contributed by atoms with E-state index in [0.717, 1.165) is 50.8 Å². The van der Waals surface area contributed by atoms with Crippen molar-refractivity contribution in [2.75, 3.05) is 54.5 Å². The van der Waals surface area contributed by atoms with Crippen LogP contribution in [0.1, 0.15) is 29.8 Å². The molecule has 28 heavy (non-hydrogen) atoms. The molecule has 2 aliphatic rings. The van der Waals surface area contributed by atoms with E-state index in [9.17, 15) is 4.79 Å². The van der Waals surface area contributed by atoms with E-state index in [1.165, 1.54) is 24.9 Å². The van der Waals surface area contributed by atoms with E-state index in [2.05, 4.69) is 48.2 Å². The number of anilines is 3. The number of pyridine rings is 1. The first kappa shape index (κ1) is 19.2. The van der Waals surface area contributed by atoms with E-state index in [1.807, 2.05) is 18.2 Å². The second-order valence-corrected chi connectivity index (χ2v) is 7.96. The van der Waals surface area contributed by atoms with Gasteiger partial charge in [-0.15, -0.1) is 0 Å². The third kappa shape index (κ3) is 4.47. The van der Waals surface area contributed by atoms with Gasteiger partial charge in [0.1, 0.15) is 10.3 Å². The molecule has 0 atom stereocenters. The second-order valence-electron chi connectivity index (χ2n) is 7.15. The van der Waals surface area contributed by atoms with E-state index in [1.54, 1.807) is 6.07 Å². The Morgan fingerprint density at radius 2 is 1.79 bits per heavy atom. The summed E-state index contributed by atoms with van der Waals surface area (Å²) in [6.07, 6.45) is 3.63. The van der Waals surface area contributed by atoms with Crippen LogP contribution in [-0.4, -0.2) is 50.3 Å². The van der Waals surface area contributed by atoms with Crippen LogP contribution >= 0.6 is 15.9 Å². The van der Waals surface area contributed by atoms with Gasteiger partial charge in [-0.25, -0.2) is 4.98 Å². The van der Waals surface area contributed by atoms with E-state index >= 15 is 0 Å². The fourth-order valence-electron chi connectivity index (χ4n) is 3.76. The van der Waals surface area contributed by atoms with E-state index in [0.29, 0.717) is 10.3 Å². The number of amides is 1. The number of ether oxygens (including phenoxy) is 1. The molecule has 6 nitrogen and oxygen atoms in total. The van der Waals surface area contributed by atoms with Gasteiger partial charge in [-0.1, -0.05) is 6.07 Å². The van der Waals surface area contributed by atoms with Crippen molar-refractivity contribution >= 4 is 38.9 Å². The lowest BCUT2D eigenvalue weighted by molar-refractivity contribution is 0.102. The number of hydrogen-bond donors (Lipinski definition) is 1. The summed E-state index contributed by atoms with van der Waals surface area (Å²) in [6.45, 7) is 5.34. The minimum Gasteiger partial charge on any atom is -0.378 e. The molecular formula is C21H25BrN4O2. The van der Waals surface area contributed by atoms with Crippen molar-refractivity contribution in [1.82, 2.24) is 4.98 Å². The van der Waals surface area contributed by atoms with Gasteiger partial charge in [-0.05, 0) is 65.5 Å². The summed E-state index contributed by atoms with van der Waals surface area (Å²) < 4.78 is 6.13. The SMILES string of the molecule is O=C(Nc1ccc(N2CCOCC2)cc1N1CCCCC1)c1cccc(Br)n1. The van der Waals surface area contributed by atoms with Gasteiger partial charge >= 0.3 is 0 Å². The van der Waals surface area contributed by atoms with Crippen LogP contribution in [0.15, 0.2) is 41.0 Å².